The van der Waals surface area contributed by atoms with Crippen molar-refractivity contribution in [2.45, 2.75) is 58.0 Å². The first-order valence-electron chi connectivity index (χ1n) is 9.40. The van der Waals surface area contributed by atoms with Gasteiger partial charge in [0.05, 0.1) is 18.1 Å². The van der Waals surface area contributed by atoms with E-state index in [1.807, 2.05) is 55.5 Å². The van der Waals surface area contributed by atoms with Gasteiger partial charge in [-0.3, -0.25) is 4.79 Å². The fourth-order valence-corrected chi connectivity index (χ4v) is 4.24. The molecule has 0 heterocycles. The molecule has 26 heavy (non-hydrogen) atoms. The predicted octanol–water partition coefficient (Wildman–Crippen LogP) is 5.28. The minimum atomic E-state index is -1.77. The predicted molar refractivity (Wildman–Crippen MR) is 111 cm³/mol. The molecular formula is C22H31NO2Si. The van der Waals surface area contributed by atoms with Gasteiger partial charge >= 0.3 is 0 Å². The van der Waals surface area contributed by atoms with Crippen LogP contribution in [-0.4, -0.2) is 20.3 Å². The van der Waals surface area contributed by atoms with E-state index in [9.17, 15) is 4.79 Å². The van der Waals surface area contributed by atoms with Crippen LogP contribution in [0.3, 0.4) is 0 Å². The summed E-state index contributed by atoms with van der Waals surface area (Å²) in [6, 6.07) is 20.1. The van der Waals surface area contributed by atoms with Crippen LogP contribution in [0, 0.1) is 0 Å². The number of nitrogens with one attached hydrogen (secondary N) is 1. The zero-order valence-electron chi connectivity index (χ0n) is 16.5. The summed E-state index contributed by atoms with van der Waals surface area (Å²) in [7, 11) is -1.77. The molecule has 3 nitrogen and oxygen atoms in total. The van der Waals surface area contributed by atoms with Crippen LogP contribution >= 0.6 is 0 Å². The van der Waals surface area contributed by atoms with Crippen molar-refractivity contribution in [2.24, 2.45) is 0 Å². The molecule has 1 unspecified atom stereocenters. The molecule has 1 N–H and O–H groups in total. The molecule has 0 bridgehead atoms. The second-order valence-electron chi connectivity index (χ2n) is 7.73. The highest BCUT2D eigenvalue weighted by Gasteiger charge is 2.29. The zero-order chi connectivity index (χ0) is 19.2. The van der Waals surface area contributed by atoms with Crippen molar-refractivity contribution in [1.29, 1.82) is 0 Å². The smallest absolute Gasteiger partial charge is 0.227 e. The number of amides is 1. The van der Waals surface area contributed by atoms with E-state index in [-0.39, 0.29) is 24.0 Å². The van der Waals surface area contributed by atoms with Gasteiger partial charge in [0, 0.05) is 0 Å². The average molecular weight is 370 g/mol. The number of rotatable bonds is 8. The van der Waals surface area contributed by atoms with Crippen molar-refractivity contribution in [1.82, 2.24) is 5.32 Å². The van der Waals surface area contributed by atoms with Crippen LogP contribution in [0.15, 0.2) is 60.7 Å². The molecule has 4 heteroatoms. The highest BCUT2D eigenvalue weighted by Crippen LogP contribution is 2.27. The molecule has 0 aliphatic carbocycles. The Labute approximate surface area is 158 Å². The van der Waals surface area contributed by atoms with E-state index in [2.05, 4.69) is 44.0 Å². The number of hydrogen-bond acceptors (Lipinski definition) is 2. The second-order valence-corrected chi connectivity index (χ2v) is 12.2. The van der Waals surface area contributed by atoms with Gasteiger partial charge in [-0.25, -0.2) is 0 Å². The second kappa shape index (κ2) is 9.15. The van der Waals surface area contributed by atoms with Gasteiger partial charge in [-0.2, -0.15) is 0 Å². The van der Waals surface area contributed by atoms with E-state index in [0.29, 0.717) is 0 Å². The molecule has 0 saturated carbocycles. The van der Waals surface area contributed by atoms with Crippen LogP contribution in [0.5, 0.6) is 0 Å². The van der Waals surface area contributed by atoms with Crippen LogP contribution in [0.4, 0.5) is 0 Å². The van der Waals surface area contributed by atoms with Gasteiger partial charge in [-0.05, 0) is 44.1 Å². The molecule has 0 aliphatic rings. The van der Waals surface area contributed by atoms with Gasteiger partial charge in [0.15, 0.2) is 8.32 Å². The van der Waals surface area contributed by atoms with Crippen LogP contribution < -0.4 is 5.32 Å². The van der Waals surface area contributed by atoms with Crippen LogP contribution in [0.2, 0.25) is 19.6 Å². The molecule has 0 fully saturated rings. The Morgan fingerprint density at radius 2 is 1.46 bits per heavy atom. The molecule has 2 aromatic rings. The Hall–Kier alpha value is -1.91. The minimum absolute atomic E-state index is 0.0614. The summed E-state index contributed by atoms with van der Waals surface area (Å²) < 4.78 is 6.43. The van der Waals surface area contributed by atoms with Crippen molar-refractivity contribution >= 4 is 14.2 Å². The zero-order valence-corrected chi connectivity index (χ0v) is 17.5. The summed E-state index contributed by atoms with van der Waals surface area (Å²) in [4.78, 5) is 12.9. The maximum atomic E-state index is 12.9. The molecule has 2 rings (SSSR count). The lowest BCUT2D eigenvalue weighted by molar-refractivity contribution is -0.124. The first-order chi connectivity index (χ1) is 12.3. The Morgan fingerprint density at radius 3 is 1.92 bits per heavy atom. The lowest BCUT2D eigenvalue weighted by Gasteiger charge is -2.32. The maximum Gasteiger partial charge on any atom is 0.227 e. The normalized spacial score (nSPS) is 15.1. The topological polar surface area (TPSA) is 38.3 Å². The van der Waals surface area contributed by atoms with Crippen molar-refractivity contribution in [2.75, 3.05) is 0 Å². The first-order valence-corrected chi connectivity index (χ1v) is 12.8. The summed E-state index contributed by atoms with van der Waals surface area (Å²) in [5, 5.41) is 3.21. The Morgan fingerprint density at radius 1 is 0.962 bits per heavy atom. The van der Waals surface area contributed by atoms with E-state index in [1.165, 1.54) is 0 Å². The molecule has 3 atom stereocenters. The molecule has 0 radical (unpaired) electrons. The molecule has 1 amide bonds. The molecule has 140 valence electrons. The van der Waals surface area contributed by atoms with Crippen LogP contribution in [-0.2, 0) is 9.22 Å². The Bertz CT molecular complexity index is 682. The summed E-state index contributed by atoms with van der Waals surface area (Å²) >= 11 is 0. The number of carbonyl (C=O) groups excluding carboxylic acids is 1. The van der Waals surface area contributed by atoms with E-state index in [1.54, 1.807) is 0 Å². The molecular weight excluding hydrogens is 338 g/mol. The number of benzene rings is 2. The lowest BCUT2D eigenvalue weighted by Crippen LogP contribution is -2.43. The average Bonchev–Trinajstić information content (AvgIpc) is 2.61. The third-order valence-corrected chi connectivity index (χ3v) is 5.32. The Kier molecular flexibility index (Phi) is 7.18. The van der Waals surface area contributed by atoms with Crippen LogP contribution in [0.1, 0.15) is 43.4 Å². The van der Waals surface area contributed by atoms with Crippen molar-refractivity contribution in [3.63, 3.8) is 0 Å². The summed E-state index contributed by atoms with van der Waals surface area (Å²) in [6.07, 6.45) is 0.632. The molecule has 0 saturated heterocycles. The first kappa shape index (κ1) is 20.4. The summed E-state index contributed by atoms with van der Waals surface area (Å²) in [5.74, 6) is -0.0757. The standard InChI is InChI=1S/C22H31NO2Si/c1-6-20(18-13-9-7-10-14-18)22(24)23-17(2)21(25-26(3,4)5)19-15-11-8-12-16-19/h7-17,20-21H,6H2,1-5H3,(H,23,24)/t17-,20?,21-/m0/s1. The molecule has 0 aliphatic heterocycles. The third-order valence-electron chi connectivity index (χ3n) is 4.36. The van der Waals surface area contributed by atoms with Gasteiger partial charge < -0.3 is 9.74 Å². The summed E-state index contributed by atoms with van der Waals surface area (Å²) in [5.41, 5.74) is 2.16. The van der Waals surface area contributed by atoms with Gasteiger partial charge in [-0.15, -0.1) is 0 Å². The van der Waals surface area contributed by atoms with E-state index >= 15 is 0 Å². The van der Waals surface area contributed by atoms with Crippen molar-refractivity contribution < 1.29 is 9.22 Å². The van der Waals surface area contributed by atoms with Gasteiger partial charge in [-0.1, -0.05) is 67.6 Å². The van der Waals surface area contributed by atoms with E-state index < -0.39 is 8.32 Å². The van der Waals surface area contributed by atoms with Gasteiger partial charge in [0.1, 0.15) is 0 Å². The molecule has 2 aromatic carbocycles. The largest absolute Gasteiger partial charge is 0.409 e. The fraction of sp³-hybridized carbons (Fsp3) is 0.409. The van der Waals surface area contributed by atoms with E-state index in [0.717, 1.165) is 17.5 Å². The highest BCUT2D eigenvalue weighted by atomic mass is 28.4. The van der Waals surface area contributed by atoms with Gasteiger partial charge in [0.2, 0.25) is 5.91 Å². The molecule has 0 aromatic heterocycles. The fourth-order valence-electron chi connectivity index (χ4n) is 3.14. The SMILES string of the molecule is CCC(C(=O)N[C@@H](C)[C@H](O[Si](C)(C)C)c1ccccc1)c1ccccc1. The Balaban J connectivity index is 2.17. The van der Waals surface area contributed by atoms with Crippen molar-refractivity contribution in [3.8, 4) is 0 Å². The minimum Gasteiger partial charge on any atom is -0.409 e. The van der Waals surface area contributed by atoms with E-state index in [4.69, 9.17) is 4.43 Å². The van der Waals surface area contributed by atoms with Crippen molar-refractivity contribution in [3.05, 3.63) is 71.8 Å². The van der Waals surface area contributed by atoms with Crippen LogP contribution in [0.25, 0.3) is 0 Å². The highest BCUT2D eigenvalue weighted by molar-refractivity contribution is 6.69. The third kappa shape index (κ3) is 5.82. The summed E-state index contributed by atoms with van der Waals surface area (Å²) in [6.45, 7) is 10.6. The quantitative estimate of drug-likeness (QED) is 0.643. The number of hydrogen-bond donors (Lipinski definition) is 1. The molecule has 0 spiro atoms. The number of carbonyl (C=O) groups is 1. The monoisotopic (exact) mass is 369 g/mol. The van der Waals surface area contributed by atoms with Gasteiger partial charge in [0.25, 0.3) is 0 Å². The lowest BCUT2D eigenvalue weighted by atomic mass is 9.94. The maximum absolute atomic E-state index is 12.9.